The van der Waals surface area contributed by atoms with Gasteiger partial charge in [-0.05, 0) is 6.07 Å². The zero-order valence-electron chi connectivity index (χ0n) is 9.42. The van der Waals surface area contributed by atoms with Crippen molar-refractivity contribution in [1.82, 2.24) is 9.97 Å². The molecule has 0 aliphatic rings. The van der Waals surface area contributed by atoms with Crippen LogP contribution in [0.2, 0.25) is 5.02 Å². The fourth-order valence-electron chi connectivity index (χ4n) is 1.48. The highest BCUT2D eigenvalue weighted by Gasteiger charge is 2.20. The molecular weight excluding hydrogens is 256 g/mol. The Morgan fingerprint density at radius 2 is 2.11 bits per heavy atom. The summed E-state index contributed by atoms with van der Waals surface area (Å²) in [6.45, 7) is 0. The lowest BCUT2D eigenvalue weighted by molar-refractivity contribution is -0.384. The predicted octanol–water partition coefficient (Wildman–Crippen LogP) is 2.75. The van der Waals surface area contributed by atoms with Crippen molar-refractivity contribution in [1.29, 1.82) is 0 Å². The van der Waals surface area contributed by atoms with Gasteiger partial charge in [0, 0.05) is 12.6 Å². The van der Waals surface area contributed by atoms with Crippen LogP contribution in [-0.4, -0.2) is 21.9 Å². The molecule has 0 saturated carbocycles. The van der Waals surface area contributed by atoms with Gasteiger partial charge >= 0.3 is 5.69 Å². The van der Waals surface area contributed by atoms with Gasteiger partial charge in [0.05, 0.1) is 9.95 Å². The molecule has 0 saturated heterocycles. The third kappa shape index (κ3) is 2.23. The number of halogens is 1. The van der Waals surface area contributed by atoms with Crippen molar-refractivity contribution in [3.63, 3.8) is 0 Å². The van der Waals surface area contributed by atoms with E-state index in [0.29, 0.717) is 16.5 Å². The average molecular weight is 265 g/mol. The Morgan fingerprint density at radius 3 is 2.72 bits per heavy atom. The molecule has 7 heteroatoms. The highest BCUT2D eigenvalue weighted by molar-refractivity contribution is 6.33. The quantitative estimate of drug-likeness (QED) is 0.681. The lowest BCUT2D eigenvalue weighted by Crippen LogP contribution is -2.01. The molecule has 0 amide bonds. The molecule has 0 fully saturated rings. The summed E-state index contributed by atoms with van der Waals surface area (Å²) < 4.78 is 0. The molecule has 92 valence electrons. The van der Waals surface area contributed by atoms with Gasteiger partial charge < -0.3 is 5.32 Å². The van der Waals surface area contributed by atoms with Gasteiger partial charge in [0.25, 0.3) is 0 Å². The lowest BCUT2D eigenvalue weighted by Gasteiger charge is -2.06. The molecule has 18 heavy (non-hydrogen) atoms. The molecule has 0 bridgehead atoms. The molecule has 1 heterocycles. The second-order valence-electron chi connectivity index (χ2n) is 3.41. The predicted molar refractivity (Wildman–Crippen MR) is 68.7 cm³/mol. The Hall–Kier alpha value is -2.21. The van der Waals surface area contributed by atoms with Crippen LogP contribution < -0.4 is 5.32 Å². The number of anilines is 1. The average Bonchev–Trinajstić information content (AvgIpc) is 2.38. The first-order chi connectivity index (χ1) is 8.63. The zero-order valence-corrected chi connectivity index (χ0v) is 10.2. The molecule has 0 spiro atoms. The van der Waals surface area contributed by atoms with Crippen LogP contribution in [0.5, 0.6) is 0 Å². The number of rotatable bonds is 3. The molecule has 2 rings (SSSR count). The molecule has 0 atom stereocenters. The Balaban J connectivity index is 2.68. The molecule has 0 unspecified atom stereocenters. The van der Waals surface area contributed by atoms with Crippen LogP contribution in [0.3, 0.4) is 0 Å². The smallest absolute Gasteiger partial charge is 0.313 e. The second kappa shape index (κ2) is 4.97. The van der Waals surface area contributed by atoms with E-state index in [1.807, 2.05) is 0 Å². The van der Waals surface area contributed by atoms with Gasteiger partial charge in [-0.2, -0.15) is 0 Å². The van der Waals surface area contributed by atoms with Gasteiger partial charge in [-0.15, -0.1) is 0 Å². The normalized spacial score (nSPS) is 10.1. The molecule has 0 aliphatic carbocycles. The van der Waals surface area contributed by atoms with E-state index in [4.69, 9.17) is 11.6 Å². The highest BCUT2D eigenvalue weighted by atomic mass is 35.5. The molecule has 1 N–H and O–H groups in total. The van der Waals surface area contributed by atoms with Crippen molar-refractivity contribution in [2.24, 2.45) is 0 Å². The number of nitro groups is 1. The van der Waals surface area contributed by atoms with Crippen LogP contribution in [0.25, 0.3) is 11.3 Å². The standard InChI is InChI=1S/C11H9ClN4O2/c1-13-11-14-6-9(16(17)18)10(15-11)7-4-2-3-5-8(7)12/h2-6H,1H3,(H,13,14,15). The van der Waals surface area contributed by atoms with Crippen molar-refractivity contribution in [2.45, 2.75) is 0 Å². The number of nitrogens with one attached hydrogen (secondary N) is 1. The molecule has 1 aromatic heterocycles. The second-order valence-corrected chi connectivity index (χ2v) is 3.82. The summed E-state index contributed by atoms with van der Waals surface area (Å²) >= 11 is 6.03. The van der Waals surface area contributed by atoms with Crippen LogP contribution in [0.1, 0.15) is 0 Å². The van der Waals surface area contributed by atoms with Crippen LogP contribution >= 0.6 is 11.6 Å². The van der Waals surface area contributed by atoms with Crippen LogP contribution in [0, 0.1) is 10.1 Å². The van der Waals surface area contributed by atoms with Gasteiger partial charge in [-0.25, -0.2) is 9.97 Å². The monoisotopic (exact) mass is 264 g/mol. The Bertz CT molecular complexity index is 603. The fraction of sp³-hybridized carbons (Fsp3) is 0.0909. The third-order valence-corrected chi connectivity index (χ3v) is 2.65. The summed E-state index contributed by atoms with van der Waals surface area (Å²) in [6, 6.07) is 6.82. The van der Waals surface area contributed by atoms with Crippen LogP contribution in [-0.2, 0) is 0 Å². The molecule has 0 radical (unpaired) electrons. The number of benzene rings is 1. The van der Waals surface area contributed by atoms with E-state index in [0.717, 1.165) is 6.20 Å². The van der Waals surface area contributed by atoms with Crippen molar-refractivity contribution in [3.8, 4) is 11.3 Å². The first-order valence-corrected chi connectivity index (χ1v) is 5.45. The Morgan fingerprint density at radius 1 is 1.39 bits per heavy atom. The third-order valence-electron chi connectivity index (χ3n) is 2.32. The van der Waals surface area contributed by atoms with E-state index < -0.39 is 4.92 Å². The number of hydrogen-bond acceptors (Lipinski definition) is 5. The van der Waals surface area contributed by atoms with Crippen molar-refractivity contribution in [3.05, 3.63) is 45.6 Å². The summed E-state index contributed by atoms with van der Waals surface area (Å²) in [6.07, 6.45) is 1.16. The van der Waals surface area contributed by atoms with E-state index >= 15 is 0 Å². The summed E-state index contributed by atoms with van der Waals surface area (Å²) in [4.78, 5) is 18.4. The lowest BCUT2D eigenvalue weighted by atomic mass is 10.1. The molecule has 1 aromatic carbocycles. The number of hydrogen-bond donors (Lipinski definition) is 1. The van der Waals surface area contributed by atoms with Gasteiger partial charge in [0.15, 0.2) is 5.69 Å². The Kier molecular flexibility index (Phi) is 3.38. The summed E-state index contributed by atoms with van der Waals surface area (Å²) in [7, 11) is 1.64. The zero-order chi connectivity index (χ0) is 13.1. The molecule has 6 nitrogen and oxygen atoms in total. The maximum atomic E-state index is 11.0. The number of nitrogens with zero attached hydrogens (tertiary/aromatic N) is 3. The minimum absolute atomic E-state index is 0.179. The largest absolute Gasteiger partial charge is 0.357 e. The summed E-state index contributed by atoms with van der Waals surface area (Å²) in [5.41, 5.74) is 0.525. The van der Waals surface area contributed by atoms with Gasteiger partial charge in [0.2, 0.25) is 5.95 Å². The maximum absolute atomic E-state index is 11.0. The van der Waals surface area contributed by atoms with Crippen molar-refractivity contribution >= 4 is 23.2 Å². The minimum atomic E-state index is -0.530. The van der Waals surface area contributed by atoms with E-state index in [1.54, 1.807) is 31.3 Å². The molecule has 0 aliphatic heterocycles. The van der Waals surface area contributed by atoms with Gasteiger partial charge in [-0.3, -0.25) is 10.1 Å². The first kappa shape index (κ1) is 12.3. The minimum Gasteiger partial charge on any atom is -0.357 e. The van der Waals surface area contributed by atoms with Gasteiger partial charge in [0.1, 0.15) is 6.20 Å². The maximum Gasteiger partial charge on any atom is 0.313 e. The number of aromatic nitrogens is 2. The van der Waals surface area contributed by atoms with Gasteiger partial charge in [-0.1, -0.05) is 29.8 Å². The van der Waals surface area contributed by atoms with Crippen LogP contribution in [0.4, 0.5) is 11.6 Å². The highest BCUT2D eigenvalue weighted by Crippen LogP contribution is 2.32. The molecular formula is C11H9ClN4O2. The summed E-state index contributed by atoms with van der Waals surface area (Å²) in [5, 5.41) is 14.1. The van der Waals surface area contributed by atoms with Crippen molar-refractivity contribution < 1.29 is 4.92 Å². The topological polar surface area (TPSA) is 81.0 Å². The SMILES string of the molecule is CNc1ncc([N+](=O)[O-])c(-c2ccccc2Cl)n1. The van der Waals surface area contributed by atoms with Crippen molar-refractivity contribution in [2.75, 3.05) is 12.4 Å². The Labute approximate surface area is 108 Å². The van der Waals surface area contributed by atoms with E-state index in [9.17, 15) is 10.1 Å². The fourth-order valence-corrected chi connectivity index (χ4v) is 1.71. The molecule has 2 aromatic rings. The van der Waals surface area contributed by atoms with E-state index in [-0.39, 0.29) is 11.4 Å². The first-order valence-electron chi connectivity index (χ1n) is 5.07. The van der Waals surface area contributed by atoms with E-state index in [2.05, 4.69) is 15.3 Å². The summed E-state index contributed by atoms with van der Waals surface area (Å²) in [5.74, 6) is 0.301. The van der Waals surface area contributed by atoms with E-state index in [1.165, 1.54) is 0 Å². The van der Waals surface area contributed by atoms with Crippen LogP contribution in [0.15, 0.2) is 30.5 Å².